The molecule has 4 rings (SSSR count). The molecule has 1 fully saturated rings. The van der Waals surface area contributed by atoms with Gasteiger partial charge >= 0.3 is 6.18 Å². The molecule has 184 valence electrons. The number of carbonyl (C=O) groups is 1. The van der Waals surface area contributed by atoms with E-state index in [9.17, 15) is 30.8 Å². The molecule has 1 aliphatic heterocycles. The number of halogens is 4. The molecule has 3 heterocycles. The number of rotatable bonds is 6. The summed E-state index contributed by atoms with van der Waals surface area (Å²) in [5.74, 6) is -1.11. The molecule has 0 aliphatic carbocycles. The summed E-state index contributed by atoms with van der Waals surface area (Å²) in [5, 5.41) is 2.63. The molecule has 8 nitrogen and oxygen atoms in total. The molecule has 35 heavy (non-hydrogen) atoms. The number of benzene rings is 1. The van der Waals surface area contributed by atoms with E-state index in [2.05, 4.69) is 20.3 Å². The largest absolute Gasteiger partial charge is 0.433 e. The van der Waals surface area contributed by atoms with Gasteiger partial charge in [0.15, 0.2) is 0 Å². The highest BCUT2D eigenvalue weighted by Gasteiger charge is 2.48. The number of nitrogens with one attached hydrogen (secondary N) is 1. The first-order valence-electron chi connectivity index (χ1n) is 10.4. The molecule has 0 saturated carbocycles. The molecule has 1 amide bonds. The molecule has 0 bridgehead atoms. The van der Waals surface area contributed by atoms with Gasteiger partial charge in [-0.25, -0.2) is 22.8 Å². The molecule has 1 aromatic carbocycles. The SMILES string of the molecule is C[C@H]1C[C@H](C(=O)NCc2cc(-c3ccc(C(F)(F)F)nc3)ncn2)N1S(=O)(=O)c1ccc(F)cc1. The van der Waals surface area contributed by atoms with Gasteiger partial charge in [-0.05, 0) is 55.8 Å². The average molecular weight is 509 g/mol. The molecule has 1 saturated heterocycles. The van der Waals surface area contributed by atoms with Crippen molar-refractivity contribution in [1.29, 1.82) is 0 Å². The fourth-order valence-corrected chi connectivity index (χ4v) is 5.52. The van der Waals surface area contributed by atoms with Crippen LogP contribution < -0.4 is 5.32 Å². The number of pyridine rings is 1. The third-order valence-corrected chi connectivity index (χ3v) is 7.55. The molecule has 2 atom stereocenters. The highest BCUT2D eigenvalue weighted by molar-refractivity contribution is 7.89. The number of amides is 1. The Kier molecular flexibility index (Phi) is 6.56. The second-order valence-corrected chi connectivity index (χ2v) is 9.77. The van der Waals surface area contributed by atoms with Crippen molar-refractivity contribution in [2.45, 2.75) is 43.0 Å². The third kappa shape index (κ3) is 5.15. The Morgan fingerprint density at radius 3 is 2.43 bits per heavy atom. The minimum Gasteiger partial charge on any atom is -0.349 e. The van der Waals surface area contributed by atoms with Gasteiger partial charge in [0.2, 0.25) is 15.9 Å². The molecular weight excluding hydrogens is 490 g/mol. The predicted octanol–water partition coefficient (Wildman–Crippen LogP) is 3.16. The molecule has 3 aromatic rings. The maximum atomic E-state index is 13.2. The summed E-state index contributed by atoms with van der Waals surface area (Å²) in [6, 6.07) is 6.55. The van der Waals surface area contributed by atoms with Gasteiger partial charge in [0.05, 0.1) is 22.8 Å². The summed E-state index contributed by atoms with van der Waals surface area (Å²) in [5.41, 5.74) is -0.0261. The fourth-order valence-electron chi connectivity index (χ4n) is 3.72. The van der Waals surface area contributed by atoms with Gasteiger partial charge in [-0.3, -0.25) is 9.78 Å². The lowest BCUT2D eigenvalue weighted by Gasteiger charge is -2.44. The summed E-state index contributed by atoms with van der Waals surface area (Å²) < 4.78 is 78.3. The number of aromatic nitrogens is 3. The Hall–Kier alpha value is -3.45. The van der Waals surface area contributed by atoms with Crippen LogP contribution in [0, 0.1) is 5.82 Å². The molecule has 0 radical (unpaired) electrons. The number of sulfonamides is 1. The van der Waals surface area contributed by atoms with Crippen molar-refractivity contribution >= 4 is 15.9 Å². The van der Waals surface area contributed by atoms with Crippen molar-refractivity contribution in [1.82, 2.24) is 24.6 Å². The minimum absolute atomic E-state index is 0.0578. The summed E-state index contributed by atoms with van der Waals surface area (Å²) in [7, 11) is -4.01. The van der Waals surface area contributed by atoms with Crippen LogP contribution >= 0.6 is 0 Å². The summed E-state index contributed by atoms with van der Waals surface area (Å²) in [6.07, 6.45) is -2.01. The summed E-state index contributed by atoms with van der Waals surface area (Å²) >= 11 is 0. The van der Waals surface area contributed by atoms with E-state index in [1.807, 2.05) is 0 Å². The first-order valence-corrected chi connectivity index (χ1v) is 11.8. The first-order chi connectivity index (χ1) is 16.5. The van der Waals surface area contributed by atoms with Crippen LogP contribution in [-0.4, -0.2) is 45.7 Å². The van der Waals surface area contributed by atoms with Gasteiger partial charge in [-0.15, -0.1) is 0 Å². The highest BCUT2D eigenvalue weighted by atomic mass is 32.2. The monoisotopic (exact) mass is 509 g/mol. The Morgan fingerprint density at radius 2 is 1.83 bits per heavy atom. The van der Waals surface area contributed by atoms with Crippen molar-refractivity contribution in [2.75, 3.05) is 0 Å². The van der Waals surface area contributed by atoms with Gasteiger partial charge in [-0.1, -0.05) is 0 Å². The third-order valence-electron chi connectivity index (χ3n) is 5.51. The van der Waals surface area contributed by atoms with E-state index in [4.69, 9.17) is 0 Å². The van der Waals surface area contributed by atoms with E-state index in [0.717, 1.165) is 40.8 Å². The number of alkyl halides is 3. The molecule has 13 heteroatoms. The maximum absolute atomic E-state index is 13.2. The van der Waals surface area contributed by atoms with Crippen LogP contribution in [0.4, 0.5) is 17.6 Å². The van der Waals surface area contributed by atoms with Crippen LogP contribution in [-0.2, 0) is 27.5 Å². The van der Waals surface area contributed by atoms with E-state index in [0.29, 0.717) is 23.4 Å². The molecule has 1 N–H and O–H groups in total. The molecule has 0 unspecified atom stereocenters. The van der Waals surface area contributed by atoms with E-state index in [-0.39, 0.29) is 11.4 Å². The van der Waals surface area contributed by atoms with E-state index >= 15 is 0 Å². The van der Waals surface area contributed by atoms with Gasteiger partial charge in [0, 0.05) is 17.8 Å². The zero-order valence-corrected chi connectivity index (χ0v) is 19.0. The lowest BCUT2D eigenvalue weighted by atomic mass is 9.98. The van der Waals surface area contributed by atoms with Crippen molar-refractivity contribution < 1.29 is 30.8 Å². The fraction of sp³-hybridized carbons (Fsp3) is 0.273. The lowest BCUT2D eigenvalue weighted by Crippen LogP contribution is -2.62. The number of nitrogens with zero attached hydrogens (tertiary/aromatic N) is 4. The van der Waals surface area contributed by atoms with Gasteiger partial charge in [0.25, 0.3) is 0 Å². The van der Waals surface area contributed by atoms with E-state index in [1.165, 1.54) is 18.5 Å². The van der Waals surface area contributed by atoms with Crippen molar-refractivity contribution in [3.63, 3.8) is 0 Å². The van der Waals surface area contributed by atoms with Crippen LogP contribution in [0.2, 0.25) is 0 Å². The van der Waals surface area contributed by atoms with Crippen LogP contribution in [0.1, 0.15) is 24.7 Å². The Labute approximate surface area is 198 Å². The quantitative estimate of drug-likeness (QED) is 0.512. The maximum Gasteiger partial charge on any atom is 0.433 e. The van der Waals surface area contributed by atoms with Crippen molar-refractivity contribution in [3.8, 4) is 11.3 Å². The summed E-state index contributed by atoms with van der Waals surface area (Å²) in [4.78, 5) is 24.1. The second kappa shape index (κ2) is 9.30. The molecule has 1 aliphatic rings. The number of carbonyl (C=O) groups excluding carboxylic acids is 1. The lowest BCUT2D eigenvalue weighted by molar-refractivity contribution is -0.141. The van der Waals surface area contributed by atoms with Crippen molar-refractivity contribution in [2.24, 2.45) is 0 Å². The molecule has 0 spiro atoms. The highest BCUT2D eigenvalue weighted by Crippen LogP contribution is 2.33. The minimum atomic E-state index is -4.56. The number of hydrogen-bond donors (Lipinski definition) is 1. The normalized spacial score (nSPS) is 18.7. The van der Waals surface area contributed by atoms with Gasteiger partial charge < -0.3 is 5.32 Å². The van der Waals surface area contributed by atoms with Crippen LogP contribution in [0.25, 0.3) is 11.3 Å². The predicted molar refractivity (Wildman–Crippen MR) is 115 cm³/mol. The topological polar surface area (TPSA) is 105 Å². The Morgan fingerprint density at radius 1 is 1.11 bits per heavy atom. The molecular formula is C22H19F4N5O3S. The summed E-state index contributed by atoms with van der Waals surface area (Å²) in [6.45, 7) is 1.61. The van der Waals surface area contributed by atoms with Gasteiger partial charge in [-0.2, -0.15) is 17.5 Å². The average Bonchev–Trinajstić information content (AvgIpc) is 2.80. The van der Waals surface area contributed by atoms with Gasteiger partial charge in [0.1, 0.15) is 23.9 Å². The number of hydrogen-bond acceptors (Lipinski definition) is 6. The van der Waals surface area contributed by atoms with Crippen LogP contribution in [0.15, 0.2) is 59.9 Å². The standard InChI is InChI=1S/C22H19F4N5O3S/c1-13-8-19(31(13)35(33,34)17-5-3-15(23)4-6-17)21(32)28-11-16-9-18(30-12-29-16)14-2-7-20(27-10-14)22(24,25)26/h2-7,9-10,12-13,19H,8,11H2,1H3,(H,28,32)/t13-,19+/m0/s1. The van der Waals surface area contributed by atoms with Crippen LogP contribution in [0.3, 0.4) is 0 Å². The molecule has 2 aromatic heterocycles. The Bertz CT molecular complexity index is 1330. The van der Waals surface area contributed by atoms with E-state index in [1.54, 1.807) is 6.92 Å². The zero-order chi connectivity index (χ0) is 25.4. The zero-order valence-electron chi connectivity index (χ0n) is 18.2. The van der Waals surface area contributed by atoms with Crippen molar-refractivity contribution in [3.05, 3.63) is 72.2 Å². The first kappa shape index (κ1) is 24.7. The smallest absolute Gasteiger partial charge is 0.349 e. The van der Waals surface area contributed by atoms with E-state index < -0.39 is 45.7 Å². The second-order valence-electron chi connectivity index (χ2n) is 7.93. The Balaban J connectivity index is 1.44. The van der Waals surface area contributed by atoms with Crippen LogP contribution in [0.5, 0.6) is 0 Å².